The first-order valence-corrected chi connectivity index (χ1v) is 5.83. The molecule has 5 nitrogen and oxygen atoms in total. The number of ether oxygens (including phenoxy) is 1. The highest BCUT2D eigenvalue weighted by Crippen LogP contribution is 2.31. The monoisotopic (exact) mass is 349 g/mol. The minimum atomic E-state index is -0.0377. The van der Waals surface area contributed by atoms with Crippen molar-refractivity contribution in [1.29, 1.82) is 0 Å². The molecule has 0 radical (unpaired) electrons. The molecule has 1 rings (SSSR count). The average Bonchev–Trinajstić information content (AvgIpc) is 2.16. The van der Waals surface area contributed by atoms with Gasteiger partial charge in [-0.1, -0.05) is 15.9 Å². The van der Waals surface area contributed by atoms with Gasteiger partial charge in [0.2, 0.25) is 6.21 Å². The summed E-state index contributed by atoms with van der Waals surface area (Å²) in [5, 5.41) is 6.26. The molecular weight excluding hydrogens is 340 g/mol. The number of methoxy groups -OCH3 is 1. The molecule has 16 heavy (non-hydrogen) atoms. The summed E-state index contributed by atoms with van der Waals surface area (Å²) >= 11 is 6.77. The first-order chi connectivity index (χ1) is 7.54. The normalized spacial score (nSPS) is 10.4. The maximum Gasteiger partial charge on any atom is 0.256 e. The van der Waals surface area contributed by atoms with Crippen LogP contribution in [-0.4, -0.2) is 19.3 Å². The van der Waals surface area contributed by atoms with Crippen LogP contribution in [0.1, 0.15) is 5.56 Å². The largest absolute Gasteiger partial charge is 0.495 e. The van der Waals surface area contributed by atoms with Crippen molar-refractivity contribution in [2.24, 2.45) is 16.6 Å². The number of hydrogen-bond donors (Lipinski definition) is 3. The Hall–Kier alpha value is -1.08. The van der Waals surface area contributed by atoms with Gasteiger partial charge in [-0.25, -0.2) is 0 Å². The molecule has 0 bridgehead atoms. The fraction of sp³-hybridized carbons (Fsp3) is 0.111. The molecule has 0 aromatic heterocycles. The molecule has 0 saturated heterocycles. The minimum Gasteiger partial charge on any atom is -0.495 e. The lowest BCUT2D eigenvalue weighted by molar-refractivity contribution is -0.456. The highest BCUT2D eigenvalue weighted by Gasteiger charge is 2.09. The predicted octanol–water partition coefficient (Wildman–Crippen LogP) is -0.0919. The van der Waals surface area contributed by atoms with Crippen LogP contribution in [0.25, 0.3) is 0 Å². The summed E-state index contributed by atoms with van der Waals surface area (Å²) in [5.74, 6) is 0.658. The summed E-state index contributed by atoms with van der Waals surface area (Å²) in [6.07, 6.45) is 1.63. The van der Waals surface area contributed by atoms with Crippen molar-refractivity contribution in [2.45, 2.75) is 0 Å². The van der Waals surface area contributed by atoms with E-state index in [1.54, 1.807) is 13.3 Å². The highest BCUT2D eigenvalue weighted by atomic mass is 79.9. The molecule has 0 saturated carbocycles. The van der Waals surface area contributed by atoms with E-state index < -0.39 is 0 Å². The summed E-state index contributed by atoms with van der Waals surface area (Å²) in [5.41, 5.74) is 11.2. The lowest BCUT2D eigenvalue weighted by Gasteiger charge is -2.05. The van der Waals surface area contributed by atoms with Crippen molar-refractivity contribution in [1.82, 2.24) is 0 Å². The van der Waals surface area contributed by atoms with Crippen molar-refractivity contribution < 1.29 is 9.84 Å². The van der Waals surface area contributed by atoms with Gasteiger partial charge in [-0.2, -0.15) is 0 Å². The molecule has 0 fully saturated rings. The molecule has 1 aromatic rings. The summed E-state index contributed by atoms with van der Waals surface area (Å²) in [4.78, 5) is 0. The van der Waals surface area contributed by atoms with Crippen molar-refractivity contribution >= 4 is 44.0 Å². The standard InChI is InChI=1S/C9H10Br2N4O/c1-16-8-5(4-14-15-9(12)13)2-6(10)3-7(8)11/h2-4H,1H3,(H4,12,13,15)/p+1/b14-4-. The van der Waals surface area contributed by atoms with Crippen LogP contribution in [0.5, 0.6) is 5.75 Å². The van der Waals surface area contributed by atoms with Crippen molar-refractivity contribution in [3.63, 3.8) is 0 Å². The zero-order valence-corrected chi connectivity index (χ0v) is 11.7. The van der Waals surface area contributed by atoms with Gasteiger partial charge in [-0.05, 0) is 28.1 Å². The Labute approximate surface area is 110 Å². The highest BCUT2D eigenvalue weighted by molar-refractivity contribution is 9.11. The molecule has 0 amide bonds. The molecule has 0 aliphatic rings. The average molecular weight is 351 g/mol. The molecule has 0 heterocycles. The Morgan fingerprint density at radius 1 is 1.44 bits per heavy atom. The smallest absolute Gasteiger partial charge is 0.256 e. The molecule has 0 unspecified atom stereocenters. The maximum atomic E-state index is 5.24. The Kier molecular flexibility index (Phi) is 4.75. The van der Waals surface area contributed by atoms with Crippen LogP contribution >= 0.6 is 31.9 Å². The van der Waals surface area contributed by atoms with Crippen LogP contribution in [-0.2, 0) is 0 Å². The molecule has 0 atom stereocenters. The second-order valence-corrected chi connectivity index (χ2v) is 4.59. The van der Waals surface area contributed by atoms with E-state index in [4.69, 9.17) is 16.2 Å². The van der Waals surface area contributed by atoms with Crippen LogP contribution in [0.15, 0.2) is 26.2 Å². The number of hydrogen-bond acceptors (Lipinski definition) is 2. The third-order valence-corrected chi connectivity index (χ3v) is 2.70. The van der Waals surface area contributed by atoms with Crippen LogP contribution in [0.3, 0.4) is 0 Å². The van der Waals surface area contributed by atoms with Crippen LogP contribution in [0, 0.1) is 0 Å². The SMILES string of the molecule is COc1c(Br)cc(Br)cc1/C=[NH+]\N=C(N)N. The fourth-order valence-corrected chi connectivity index (χ4v) is 2.50. The van der Waals surface area contributed by atoms with Crippen LogP contribution in [0.2, 0.25) is 0 Å². The van der Waals surface area contributed by atoms with Gasteiger partial charge in [0.05, 0.1) is 17.1 Å². The lowest BCUT2D eigenvalue weighted by atomic mass is 10.2. The quantitative estimate of drug-likeness (QED) is 0.404. The number of guanidine groups is 1. The van der Waals surface area contributed by atoms with Crippen LogP contribution < -0.4 is 21.3 Å². The first kappa shape index (κ1) is 13.0. The zero-order valence-electron chi connectivity index (χ0n) is 8.50. The second kappa shape index (κ2) is 5.86. The molecule has 0 spiro atoms. The van der Waals surface area contributed by atoms with E-state index in [2.05, 4.69) is 42.1 Å². The van der Waals surface area contributed by atoms with Gasteiger partial charge >= 0.3 is 0 Å². The number of nitrogens with two attached hydrogens (primary N) is 2. The summed E-state index contributed by atoms with van der Waals surface area (Å²) < 4.78 is 6.99. The third kappa shape index (κ3) is 3.49. The first-order valence-electron chi connectivity index (χ1n) is 4.25. The number of halogens is 2. The van der Waals surface area contributed by atoms with Crippen molar-refractivity contribution in [3.8, 4) is 5.75 Å². The number of rotatable bonds is 3. The van der Waals surface area contributed by atoms with Crippen LogP contribution in [0.4, 0.5) is 0 Å². The Morgan fingerprint density at radius 2 is 2.12 bits per heavy atom. The molecule has 1 aromatic carbocycles. The molecule has 5 N–H and O–H groups in total. The van der Waals surface area contributed by atoms with E-state index in [-0.39, 0.29) is 5.96 Å². The number of hydrazone groups is 1. The van der Waals surface area contributed by atoms with Gasteiger partial charge in [0.25, 0.3) is 5.96 Å². The molecule has 0 aliphatic carbocycles. The van der Waals surface area contributed by atoms with Gasteiger partial charge < -0.3 is 16.2 Å². The Morgan fingerprint density at radius 3 is 2.69 bits per heavy atom. The summed E-state index contributed by atoms with van der Waals surface area (Å²) in [7, 11) is 1.59. The van der Waals surface area contributed by atoms with Gasteiger partial charge in [0.15, 0.2) is 0 Å². The second-order valence-electron chi connectivity index (χ2n) is 2.82. The summed E-state index contributed by atoms with van der Waals surface area (Å²) in [6.45, 7) is 0. The molecule has 0 aliphatic heterocycles. The van der Waals surface area contributed by atoms with E-state index >= 15 is 0 Å². The van der Waals surface area contributed by atoms with E-state index in [0.29, 0.717) is 5.75 Å². The van der Waals surface area contributed by atoms with Crippen molar-refractivity contribution in [3.05, 3.63) is 26.6 Å². The van der Waals surface area contributed by atoms with Gasteiger partial charge in [0, 0.05) is 9.57 Å². The van der Waals surface area contributed by atoms with E-state index in [9.17, 15) is 0 Å². The van der Waals surface area contributed by atoms with E-state index in [1.165, 1.54) is 0 Å². The fourth-order valence-electron chi connectivity index (χ4n) is 1.08. The van der Waals surface area contributed by atoms with E-state index in [1.807, 2.05) is 12.1 Å². The number of nitrogens with zero attached hydrogens (tertiary/aromatic N) is 1. The molecule has 7 heteroatoms. The zero-order chi connectivity index (χ0) is 12.1. The third-order valence-electron chi connectivity index (χ3n) is 1.65. The van der Waals surface area contributed by atoms with Gasteiger partial charge in [-0.3, -0.25) is 0 Å². The molecule has 86 valence electrons. The van der Waals surface area contributed by atoms with E-state index in [0.717, 1.165) is 14.5 Å². The topological polar surface area (TPSA) is 87.6 Å². The number of nitrogens with one attached hydrogen (secondary N) is 1. The van der Waals surface area contributed by atoms with Gasteiger partial charge in [0.1, 0.15) is 5.75 Å². The lowest BCUT2D eigenvalue weighted by Crippen LogP contribution is -2.63. The van der Waals surface area contributed by atoms with Crippen molar-refractivity contribution in [2.75, 3.05) is 7.11 Å². The minimum absolute atomic E-state index is 0.0377. The maximum absolute atomic E-state index is 5.24. The Balaban J connectivity index is 3.12. The van der Waals surface area contributed by atoms with Gasteiger partial charge in [-0.15, -0.1) is 5.10 Å². The number of benzene rings is 1. The Bertz CT molecular complexity index is 441. The summed E-state index contributed by atoms with van der Waals surface area (Å²) in [6, 6.07) is 3.76. The molecular formula is C9H11Br2N4O+. The predicted molar refractivity (Wildman–Crippen MR) is 70.3 cm³/mol.